The Morgan fingerprint density at radius 2 is 1.26 bits per heavy atom. The molecule has 0 N–H and O–H groups in total. The number of aryl methyl sites for hydroxylation is 2. The third kappa shape index (κ3) is 3.88. The lowest BCUT2D eigenvalue weighted by molar-refractivity contribution is -0.697. The van der Waals surface area contributed by atoms with Crippen LogP contribution >= 0.6 is 0 Å². The molecule has 19 heavy (non-hydrogen) atoms. The highest BCUT2D eigenvalue weighted by atomic mass is 14.9. The maximum Gasteiger partial charge on any atom is 0.169 e. The van der Waals surface area contributed by atoms with Crippen molar-refractivity contribution < 1.29 is 9.13 Å². The van der Waals surface area contributed by atoms with E-state index >= 15 is 0 Å². The fourth-order valence-corrected chi connectivity index (χ4v) is 2.20. The highest BCUT2D eigenvalue weighted by Crippen LogP contribution is 2.15. The molecule has 100 valence electrons. The molecule has 0 aliphatic rings. The summed E-state index contributed by atoms with van der Waals surface area (Å²) in [5, 5.41) is 0. The van der Waals surface area contributed by atoms with Gasteiger partial charge in [-0.05, 0) is 24.5 Å². The second-order valence-corrected chi connectivity index (χ2v) is 4.95. The minimum atomic E-state index is 1.02. The lowest BCUT2D eigenvalue weighted by Crippen LogP contribution is -2.32. The van der Waals surface area contributed by atoms with E-state index in [2.05, 4.69) is 72.0 Å². The van der Waals surface area contributed by atoms with Crippen molar-refractivity contribution in [2.75, 3.05) is 0 Å². The Bertz CT molecular complexity index is 486. The van der Waals surface area contributed by atoms with Gasteiger partial charge < -0.3 is 0 Å². The fraction of sp³-hybridized carbons (Fsp3) is 0.412. The molecule has 0 amide bonds. The van der Waals surface area contributed by atoms with Crippen LogP contribution in [0.15, 0.2) is 49.1 Å². The van der Waals surface area contributed by atoms with Gasteiger partial charge in [-0.1, -0.05) is 13.3 Å². The van der Waals surface area contributed by atoms with Crippen LogP contribution in [0, 0.1) is 0 Å². The summed E-state index contributed by atoms with van der Waals surface area (Å²) >= 11 is 0. The second-order valence-electron chi connectivity index (χ2n) is 4.95. The van der Waals surface area contributed by atoms with E-state index in [-0.39, 0.29) is 0 Å². The van der Waals surface area contributed by atoms with Crippen LogP contribution in [-0.4, -0.2) is 0 Å². The molecule has 0 bridgehead atoms. The van der Waals surface area contributed by atoms with Crippen LogP contribution in [0.25, 0.3) is 11.1 Å². The first kappa shape index (κ1) is 13.7. The smallest absolute Gasteiger partial charge is 0.169 e. The van der Waals surface area contributed by atoms with Crippen molar-refractivity contribution in [3.05, 3.63) is 49.1 Å². The van der Waals surface area contributed by atoms with Crippen molar-refractivity contribution in [1.29, 1.82) is 0 Å². The molecular formula is C17H24N2+2. The standard InChI is InChI=1S/C17H24N2/c1-3-5-6-11-19-14-9-17(10-15-19)16-7-12-18(4-2)13-8-16/h7-10,12-15H,3-6,11H2,1-2H3/q+2. The van der Waals surface area contributed by atoms with Crippen LogP contribution in [0.2, 0.25) is 0 Å². The Morgan fingerprint density at radius 1 is 0.737 bits per heavy atom. The summed E-state index contributed by atoms with van der Waals surface area (Å²) in [5.41, 5.74) is 2.57. The van der Waals surface area contributed by atoms with Gasteiger partial charge in [0.1, 0.15) is 13.1 Å². The first-order valence-electron chi connectivity index (χ1n) is 7.32. The van der Waals surface area contributed by atoms with Crippen molar-refractivity contribution in [2.24, 2.45) is 0 Å². The van der Waals surface area contributed by atoms with Gasteiger partial charge in [0.2, 0.25) is 0 Å². The third-order valence-corrected chi connectivity index (χ3v) is 3.50. The summed E-state index contributed by atoms with van der Waals surface area (Å²) in [4.78, 5) is 0. The molecule has 0 radical (unpaired) electrons. The number of pyridine rings is 2. The van der Waals surface area contributed by atoms with Gasteiger partial charge in [0.05, 0.1) is 0 Å². The number of hydrogen-bond donors (Lipinski definition) is 0. The van der Waals surface area contributed by atoms with E-state index < -0.39 is 0 Å². The normalized spacial score (nSPS) is 10.6. The summed E-state index contributed by atoms with van der Waals surface area (Å²) in [6.45, 7) is 6.54. The number of aromatic nitrogens is 2. The Morgan fingerprint density at radius 3 is 1.74 bits per heavy atom. The number of hydrogen-bond acceptors (Lipinski definition) is 0. The lowest BCUT2D eigenvalue weighted by Gasteiger charge is -2.01. The molecule has 0 unspecified atom stereocenters. The molecule has 0 saturated carbocycles. The second kappa shape index (κ2) is 7.03. The minimum absolute atomic E-state index is 1.02. The van der Waals surface area contributed by atoms with Gasteiger partial charge in [-0.25, -0.2) is 9.13 Å². The number of rotatable bonds is 6. The van der Waals surface area contributed by atoms with Crippen LogP contribution in [0.3, 0.4) is 0 Å². The summed E-state index contributed by atoms with van der Waals surface area (Å²) in [5.74, 6) is 0. The van der Waals surface area contributed by atoms with E-state index in [1.165, 1.54) is 30.4 Å². The molecule has 0 aliphatic heterocycles. The van der Waals surface area contributed by atoms with Crippen LogP contribution in [0.4, 0.5) is 0 Å². The van der Waals surface area contributed by atoms with E-state index in [0.717, 1.165) is 13.1 Å². The monoisotopic (exact) mass is 256 g/mol. The predicted octanol–water partition coefficient (Wildman–Crippen LogP) is 3.14. The van der Waals surface area contributed by atoms with Gasteiger partial charge in [-0.15, -0.1) is 0 Å². The molecule has 0 spiro atoms. The lowest BCUT2D eigenvalue weighted by atomic mass is 10.1. The SMILES string of the molecule is CCCCC[n+]1ccc(-c2cc[n+](CC)cc2)cc1. The quantitative estimate of drug-likeness (QED) is 0.554. The highest BCUT2D eigenvalue weighted by molar-refractivity contribution is 5.60. The Kier molecular flexibility index (Phi) is 5.08. The van der Waals surface area contributed by atoms with E-state index in [1.807, 2.05) is 0 Å². The molecule has 0 aliphatic carbocycles. The fourth-order valence-electron chi connectivity index (χ4n) is 2.20. The van der Waals surface area contributed by atoms with E-state index in [0.29, 0.717) is 0 Å². The largest absolute Gasteiger partial charge is 0.205 e. The Labute approximate surface area is 116 Å². The molecule has 2 heterocycles. The van der Waals surface area contributed by atoms with Crippen molar-refractivity contribution >= 4 is 0 Å². The average molecular weight is 256 g/mol. The summed E-state index contributed by atoms with van der Waals surface area (Å²) in [6.07, 6.45) is 12.5. The van der Waals surface area contributed by atoms with Crippen LogP contribution < -0.4 is 9.13 Å². The van der Waals surface area contributed by atoms with Gasteiger partial charge in [0.15, 0.2) is 24.8 Å². The van der Waals surface area contributed by atoms with Gasteiger partial charge in [0, 0.05) is 30.7 Å². The molecule has 2 rings (SSSR count). The Hall–Kier alpha value is -1.70. The molecular weight excluding hydrogens is 232 g/mol. The summed E-state index contributed by atoms with van der Waals surface area (Å²) in [7, 11) is 0. The first-order valence-corrected chi connectivity index (χ1v) is 7.32. The van der Waals surface area contributed by atoms with Crippen LogP contribution in [0.5, 0.6) is 0 Å². The van der Waals surface area contributed by atoms with Gasteiger partial charge in [-0.2, -0.15) is 0 Å². The van der Waals surface area contributed by atoms with E-state index in [9.17, 15) is 0 Å². The molecule has 0 fully saturated rings. The van der Waals surface area contributed by atoms with Gasteiger partial charge in [-0.3, -0.25) is 0 Å². The number of nitrogens with zero attached hydrogens (tertiary/aromatic N) is 2. The molecule has 0 saturated heterocycles. The van der Waals surface area contributed by atoms with Crippen LogP contribution in [-0.2, 0) is 13.1 Å². The molecule has 2 aromatic rings. The third-order valence-electron chi connectivity index (χ3n) is 3.50. The predicted molar refractivity (Wildman–Crippen MR) is 77.5 cm³/mol. The molecule has 2 heteroatoms. The molecule has 0 atom stereocenters. The summed E-state index contributed by atoms with van der Waals surface area (Å²) < 4.78 is 4.45. The zero-order valence-corrected chi connectivity index (χ0v) is 12.0. The zero-order valence-electron chi connectivity index (χ0n) is 12.0. The maximum absolute atomic E-state index is 2.27. The van der Waals surface area contributed by atoms with Crippen LogP contribution in [0.1, 0.15) is 33.1 Å². The van der Waals surface area contributed by atoms with Crippen molar-refractivity contribution in [1.82, 2.24) is 0 Å². The highest BCUT2D eigenvalue weighted by Gasteiger charge is 2.04. The minimum Gasteiger partial charge on any atom is -0.205 e. The van der Waals surface area contributed by atoms with Gasteiger partial charge in [0.25, 0.3) is 0 Å². The molecule has 2 aromatic heterocycles. The van der Waals surface area contributed by atoms with E-state index in [1.54, 1.807) is 0 Å². The summed E-state index contributed by atoms with van der Waals surface area (Å²) in [6, 6.07) is 8.77. The molecule has 0 aromatic carbocycles. The topological polar surface area (TPSA) is 7.76 Å². The average Bonchev–Trinajstić information content (AvgIpc) is 2.48. The van der Waals surface area contributed by atoms with Crippen molar-refractivity contribution in [3.63, 3.8) is 0 Å². The first-order chi connectivity index (χ1) is 9.33. The van der Waals surface area contributed by atoms with Crippen molar-refractivity contribution in [2.45, 2.75) is 46.2 Å². The Balaban J connectivity index is 2.04. The van der Waals surface area contributed by atoms with Gasteiger partial charge >= 0.3 is 0 Å². The van der Waals surface area contributed by atoms with Crippen molar-refractivity contribution in [3.8, 4) is 11.1 Å². The zero-order chi connectivity index (χ0) is 13.5. The maximum atomic E-state index is 2.27. The van der Waals surface area contributed by atoms with E-state index in [4.69, 9.17) is 0 Å². The number of unbranched alkanes of at least 4 members (excludes halogenated alkanes) is 2. The molecule has 2 nitrogen and oxygen atoms in total.